The predicted octanol–water partition coefficient (Wildman–Crippen LogP) is 3.15. The minimum Gasteiger partial charge on any atom is -0.355 e. The Balaban J connectivity index is 2.79. The van der Waals surface area contributed by atoms with Crippen LogP contribution in [0.5, 0.6) is 0 Å². The Kier molecular flexibility index (Phi) is 5.97. The van der Waals surface area contributed by atoms with Crippen molar-refractivity contribution in [1.29, 1.82) is 0 Å². The highest BCUT2D eigenvalue weighted by atomic mass is 16.2. The third-order valence-electron chi connectivity index (χ3n) is 4.72. The van der Waals surface area contributed by atoms with Gasteiger partial charge in [-0.05, 0) is 25.3 Å². The Morgan fingerprint density at radius 1 is 1.24 bits per heavy atom. The molecule has 0 aromatic heterocycles. The number of carbonyl (C=O) groups excluding carboxylic acids is 1. The number of amides is 1. The maximum atomic E-state index is 12.5. The van der Waals surface area contributed by atoms with Crippen LogP contribution in [0.1, 0.15) is 51.7 Å². The summed E-state index contributed by atoms with van der Waals surface area (Å²) >= 11 is 0. The second kappa shape index (κ2) is 7.08. The van der Waals surface area contributed by atoms with Gasteiger partial charge in [0.1, 0.15) is 0 Å². The van der Waals surface area contributed by atoms with E-state index in [2.05, 4.69) is 50.4 Å². The average molecular weight is 290 g/mol. The number of hydrogen-bond donors (Lipinski definition) is 2. The first-order valence-electron chi connectivity index (χ1n) is 7.87. The molecule has 0 saturated heterocycles. The zero-order valence-corrected chi connectivity index (χ0v) is 14.1. The molecule has 0 radical (unpaired) electrons. The van der Waals surface area contributed by atoms with Gasteiger partial charge in [0.25, 0.3) is 0 Å². The molecule has 21 heavy (non-hydrogen) atoms. The fraction of sp³-hybridized carbons (Fsp3) is 0.611. The summed E-state index contributed by atoms with van der Waals surface area (Å²) in [5.74, 6) is 0.0794. The van der Waals surface area contributed by atoms with E-state index in [-0.39, 0.29) is 11.3 Å². The van der Waals surface area contributed by atoms with Gasteiger partial charge in [-0.1, -0.05) is 57.5 Å². The van der Waals surface area contributed by atoms with E-state index in [0.717, 1.165) is 12.8 Å². The third kappa shape index (κ3) is 4.07. The standard InChI is InChI=1S/C18H30N2O/c1-6-18(7-2,12-19)16(21)20-13-17(4,5)15-10-8-9-14(3)11-15/h8-11H,6-7,12-13,19H2,1-5H3,(H,20,21). The van der Waals surface area contributed by atoms with Crippen molar-refractivity contribution in [2.75, 3.05) is 13.1 Å². The first-order valence-corrected chi connectivity index (χ1v) is 7.87. The molecule has 0 atom stereocenters. The summed E-state index contributed by atoms with van der Waals surface area (Å²) in [7, 11) is 0. The van der Waals surface area contributed by atoms with Crippen molar-refractivity contribution in [1.82, 2.24) is 5.32 Å². The topological polar surface area (TPSA) is 55.1 Å². The Labute approximate surface area is 129 Å². The summed E-state index contributed by atoms with van der Waals surface area (Å²) in [6.07, 6.45) is 1.55. The summed E-state index contributed by atoms with van der Waals surface area (Å²) < 4.78 is 0. The van der Waals surface area contributed by atoms with Crippen LogP contribution in [0.25, 0.3) is 0 Å². The van der Waals surface area contributed by atoms with Crippen LogP contribution in [-0.4, -0.2) is 19.0 Å². The van der Waals surface area contributed by atoms with E-state index < -0.39 is 5.41 Å². The zero-order valence-electron chi connectivity index (χ0n) is 14.1. The fourth-order valence-corrected chi connectivity index (χ4v) is 2.61. The van der Waals surface area contributed by atoms with Crippen molar-refractivity contribution in [2.24, 2.45) is 11.1 Å². The maximum Gasteiger partial charge on any atom is 0.227 e. The third-order valence-corrected chi connectivity index (χ3v) is 4.72. The van der Waals surface area contributed by atoms with Crippen LogP contribution < -0.4 is 11.1 Å². The first kappa shape index (κ1) is 17.7. The van der Waals surface area contributed by atoms with Gasteiger partial charge in [-0.25, -0.2) is 0 Å². The SMILES string of the molecule is CCC(CC)(CN)C(=O)NCC(C)(C)c1cccc(C)c1. The van der Waals surface area contributed by atoms with Crippen LogP contribution in [0.15, 0.2) is 24.3 Å². The van der Waals surface area contributed by atoms with Gasteiger partial charge in [0.15, 0.2) is 0 Å². The summed E-state index contributed by atoms with van der Waals surface area (Å²) in [6.45, 7) is 11.5. The Morgan fingerprint density at radius 2 is 1.86 bits per heavy atom. The van der Waals surface area contributed by atoms with Gasteiger partial charge >= 0.3 is 0 Å². The van der Waals surface area contributed by atoms with Crippen LogP contribution in [0.3, 0.4) is 0 Å². The molecule has 0 aliphatic carbocycles. The lowest BCUT2D eigenvalue weighted by atomic mass is 9.80. The molecule has 0 aliphatic rings. The smallest absolute Gasteiger partial charge is 0.227 e. The maximum absolute atomic E-state index is 12.5. The van der Waals surface area contributed by atoms with Crippen LogP contribution in [0.2, 0.25) is 0 Å². The number of nitrogens with two attached hydrogens (primary N) is 1. The van der Waals surface area contributed by atoms with Crippen molar-refractivity contribution < 1.29 is 4.79 Å². The molecule has 1 amide bonds. The lowest BCUT2D eigenvalue weighted by Gasteiger charge is -2.32. The van der Waals surface area contributed by atoms with Gasteiger partial charge in [-0.3, -0.25) is 4.79 Å². The quantitative estimate of drug-likeness (QED) is 0.810. The second-order valence-electron chi connectivity index (χ2n) is 6.63. The van der Waals surface area contributed by atoms with E-state index in [1.807, 2.05) is 13.8 Å². The van der Waals surface area contributed by atoms with Gasteiger partial charge < -0.3 is 11.1 Å². The fourth-order valence-electron chi connectivity index (χ4n) is 2.61. The Bertz CT molecular complexity index is 468. The number of nitrogens with one attached hydrogen (secondary N) is 1. The molecule has 118 valence electrons. The molecule has 0 aliphatic heterocycles. The molecule has 0 heterocycles. The monoisotopic (exact) mass is 290 g/mol. The first-order chi connectivity index (χ1) is 9.81. The van der Waals surface area contributed by atoms with E-state index in [1.54, 1.807) is 0 Å². The number of carbonyl (C=O) groups is 1. The molecule has 0 bridgehead atoms. The molecule has 0 unspecified atom stereocenters. The van der Waals surface area contributed by atoms with Crippen molar-refractivity contribution in [3.05, 3.63) is 35.4 Å². The van der Waals surface area contributed by atoms with Crippen LogP contribution >= 0.6 is 0 Å². The van der Waals surface area contributed by atoms with Gasteiger partial charge in [0.05, 0.1) is 5.41 Å². The Hall–Kier alpha value is -1.35. The van der Waals surface area contributed by atoms with Gasteiger partial charge in [-0.15, -0.1) is 0 Å². The molecule has 0 spiro atoms. The molecule has 0 fully saturated rings. The highest BCUT2D eigenvalue weighted by Gasteiger charge is 2.34. The molecule has 1 aromatic rings. The van der Waals surface area contributed by atoms with Crippen LogP contribution in [-0.2, 0) is 10.2 Å². The minimum absolute atomic E-state index is 0.0794. The zero-order chi connectivity index (χ0) is 16.1. The summed E-state index contributed by atoms with van der Waals surface area (Å²) in [6, 6.07) is 8.46. The van der Waals surface area contributed by atoms with Crippen molar-refractivity contribution >= 4 is 5.91 Å². The lowest BCUT2D eigenvalue weighted by molar-refractivity contribution is -0.131. The summed E-state index contributed by atoms with van der Waals surface area (Å²) in [5.41, 5.74) is 7.80. The van der Waals surface area contributed by atoms with Crippen LogP contribution in [0, 0.1) is 12.3 Å². The number of hydrogen-bond acceptors (Lipinski definition) is 2. The molecule has 3 heteroatoms. The largest absolute Gasteiger partial charge is 0.355 e. The molecular formula is C18H30N2O. The number of rotatable bonds is 7. The van der Waals surface area contributed by atoms with E-state index in [1.165, 1.54) is 11.1 Å². The van der Waals surface area contributed by atoms with E-state index in [0.29, 0.717) is 13.1 Å². The normalized spacial score (nSPS) is 12.3. The average Bonchev–Trinajstić information content (AvgIpc) is 2.47. The molecule has 1 rings (SSSR count). The molecule has 1 aromatic carbocycles. The molecular weight excluding hydrogens is 260 g/mol. The van der Waals surface area contributed by atoms with Gasteiger partial charge in [-0.2, -0.15) is 0 Å². The van der Waals surface area contributed by atoms with Gasteiger partial charge in [0.2, 0.25) is 5.91 Å². The summed E-state index contributed by atoms with van der Waals surface area (Å²) in [5, 5.41) is 3.12. The highest BCUT2D eigenvalue weighted by molar-refractivity contribution is 5.82. The molecule has 3 nitrogen and oxygen atoms in total. The Morgan fingerprint density at radius 3 is 2.33 bits per heavy atom. The minimum atomic E-state index is -0.428. The molecule has 3 N–H and O–H groups in total. The highest BCUT2D eigenvalue weighted by Crippen LogP contribution is 2.27. The number of benzene rings is 1. The van der Waals surface area contributed by atoms with Crippen LogP contribution in [0.4, 0.5) is 0 Å². The lowest BCUT2D eigenvalue weighted by Crippen LogP contribution is -2.48. The van der Waals surface area contributed by atoms with E-state index >= 15 is 0 Å². The van der Waals surface area contributed by atoms with Gasteiger partial charge in [0, 0.05) is 18.5 Å². The van der Waals surface area contributed by atoms with E-state index in [4.69, 9.17) is 5.73 Å². The van der Waals surface area contributed by atoms with Crippen molar-refractivity contribution in [3.8, 4) is 0 Å². The van der Waals surface area contributed by atoms with Crippen molar-refractivity contribution in [3.63, 3.8) is 0 Å². The predicted molar refractivity (Wildman–Crippen MR) is 89.3 cm³/mol. The molecule has 0 saturated carbocycles. The van der Waals surface area contributed by atoms with Crippen molar-refractivity contribution in [2.45, 2.75) is 52.9 Å². The summed E-state index contributed by atoms with van der Waals surface area (Å²) in [4.78, 5) is 12.5. The number of aryl methyl sites for hydroxylation is 1. The van der Waals surface area contributed by atoms with E-state index in [9.17, 15) is 4.79 Å². The second-order valence-corrected chi connectivity index (χ2v) is 6.63.